The van der Waals surface area contributed by atoms with Crippen LogP contribution >= 0.6 is 15.9 Å². The molecule has 0 radical (unpaired) electrons. The van der Waals surface area contributed by atoms with Crippen LogP contribution in [-0.2, 0) is 10.2 Å². The van der Waals surface area contributed by atoms with E-state index in [1.807, 2.05) is 32.9 Å². The van der Waals surface area contributed by atoms with E-state index < -0.39 is 0 Å². The van der Waals surface area contributed by atoms with Crippen molar-refractivity contribution < 1.29 is 14.1 Å². The Hall–Kier alpha value is -1.82. The zero-order chi connectivity index (χ0) is 15.5. The summed E-state index contributed by atoms with van der Waals surface area (Å²) in [6.07, 6.45) is 0. The van der Waals surface area contributed by atoms with Crippen molar-refractivity contribution in [3.8, 4) is 5.75 Å². The van der Waals surface area contributed by atoms with Crippen LogP contribution < -0.4 is 10.1 Å². The first kappa shape index (κ1) is 15.6. The van der Waals surface area contributed by atoms with Crippen molar-refractivity contribution in [2.24, 2.45) is 0 Å². The van der Waals surface area contributed by atoms with Gasteiger partial charge in [0.15, 0.2) is 12.4 Å². The van der Waals surface area contributed by atoms with E-state index in [9.17, 15) is 4.79 Å². The summed E-state index contributed by atoms with van der Waals surface area (Å²) < 4.78 is 11.5. The standard InChI is InChI=1S/C15H17BrN2O3/c1-15(2,3)12-8-13(18-21-12)17-14(19)9-20-11-6-4-10(16)5-7-11/h4-8H,9H2,1-3H3,(H,17,18,19). The zero-order valence-corrected chi connectivity index (χ0v) is 13.7. The van der Waals surface area contributed by atoms with Gasteiger partial charge >= 0.3 is 0 Å². The number of amides is 1. The maximum absolute atomic E-state index is 11.8. The molecule has 0 aliphatic rings. The molecule has 112 valence electrons. The van der Waals surface area contributed by atoms with Crippen LogP contribution in [0, 0.1) is 0 Å². The summed E-state index contributed by atoms with van der Waals surface area (Å²) in [7, 11) is 0. The molecule has 2 aromatic rings. The molecular weight excluding hydrogens is 336 g/mol. The van der Waals surface area contributed by atoms with Gasteiger partial charge < -0.3 is 14.6 Å². The van der Waals surface area contributed by atoms with Gasteiger partial charge in [-0.3, -0.25) is 4.79 Å². The van der Waals surface area contributed by atoms with Gasteiger partial charge in [-0.25, -0.2) is 0 Å². The highest BCUT2D eigenvalue weighted by Gasteiger charge is 2.20. The SMILES string of the molecule is CC(C)(C)c1cc(NC(=O)COc2ccc(Br)cc2)no1. The van der Waals surface area contributed by atoms with E-state index in [1.54, 1.807) is 18.2 Å². The topological polar surface area (TPSA) is 64.4 Å². The van der Waals surface area contributed by atoms with Crippen LogP contribution in [0.1, 0.15) is 26.5 Å². The lowest BCUT2D eigenvalue weighted by molar-refractivity contribution is -0.118. The molecule has 6 heteroatoms. The van der Waals surface area contributed by atoms with E-state index in [2.05, 4.69) is 26.4 Å². The molecule has 0 fully saturated rings. The fourth-order valence-electron chi connectivity index (χ4n) is 1.55. The average Bonchev–Trinajstić information content (AvgIpc) is 2.86. The first-order valence-corrected chi connectivity index (χ1v) is 7.29. The third kappa shape index (κ3) is 4.60. The lowest BCUT2D eigenvalue weighted by atomic mass is 9.93. The first-order valence-electron chi connectivity index (χ1n) is 6.50. The number of hydrogen-bond acceptors (Lipinski definition) is 4. The molecule has 5 nitrogen and oxygen atoms in total. The Bertz CT molecular complexity index is 615. The number of nitrogens with one attached hydrogen (secondary N) is 1. The van der Waals surface area contributed by atoms with Gasteiger partial charge in [0, 0.05) is 16.0 Å². The first-order chi connectivity index (χ1) is 9.84. The Balaban J connectivity index is 1.87. The summed E-state index contributed by atoms with van der Waals surface area (Å²) in [5.74, 6) is 1.45. The second-order valence-electron chi connectivity index (χ2n) is 5.62. The molecule has 0 aliphatic heterocycles. The Labute approximate surface area is 131 Å². The van der Waals surface area contributed by atoms with Gasteiger partial charge in [-0.1, -0.05) is 41.9 Å². The number of nitrogens with zero attached hydrogens (tertiary/aromatic N) is 1. The monoisotopic (exact) mass is 352 g/mol. The molecule has 0 aliphatic carbocycles. The molecule has 1 aromatic heterocycles. The Morgan fingerprint density at radius 1 is 1.33 bits per heavy atom. The predicted octanol–water partition coefficient (Wildman–Crippen LogP) is 3.75. The van der Waals surface area contributed by atoms with Gasteiger partial charge in [0.25, 0.3) is 5.91 Å². The van der Waals surface area contributed by atoms with Crippen molar-refractivity contribution in [1.29, 1.82) is 0 Å². The number of aromatic nitrogens is 1. The molecule has 0 spiro atoms. The molecular formula is C15H17BrN2O3. The number of ether oxygens (including phenoxy) is 1. The number of halogens is 1. The fourth-order valence-corrected chi connectivity index (χ4v) is 1.81. The van der Waals surface area contributed by atoms with E-state index in [1.165, 1.54) is 0 Å². The van der Waals surface area contributed by atoms with Crippen LogP contribution in [0.25, 0.3) is 0 Å². The van der Waals surface area contributed by atoms with Crippen LogP contribution in [0.4, 0.5) is 5.82 Å². The van der Waals surface area contributed by atoms with E-state index in [-0.39, 0.29) is 17.9 Å². The number of anilines is 1. The van der Waals surface area contributed by atoms with Gasteiger partial charge in [-0.05, 0) is 24.3 Å². The molecule has 1 amide bonds. The second-order valence-corrected chi connectivity index (χ2v) is 6.53. The minimum atomic E-state index is -0.285. The van der Waals surface area contributed by atoms with Crippen molar-refractivity contribution in [2.75, 3.05) is 11.9 Å². The van der Waals surface area contributed by atoms with E-state index >= 15 is 0 Å². The van der Waals surface area contributed by atoms with E-state index in [0.29, 0.717) is 17.3 Å². The molecule has 1 heterocycles. The number of benzene rings is 1. The minimum Gasteiger partial charge on any atom is -0.484 e. The summed E-state index contributed by atoms with van der Waals surface area (Å²) in [5, 5.41) is 6.46. The predicted molar refractivity (Wildman–Crippen MR) is 83.5 cm³/mol. The highest BCUT2D eigenvalue weighted by atomic mass is 79.9. The third-order valence-electron chi connectivity index (χ3n) is 2.70. The zero-order valence-electron chi connectivity index (χ0n) is 12.1. The molecule has 0 atom stereocenters. The quantitative estimate of drug-likeness (QED) is 0.909. The minimum absolute atomic E-state index is 0.0840. The number of carbonyl (C=O) groups excluding carboxylic acids is 1. The normalized spacial score (nSPS) is 11.2. The summed E-state index contributed by atoms with van der Waals surface area (Å²) in [6.45, 7) is 5.95. The molecule has 0 saturated carbocycles. The largest absolute Gasteiger partial charge is 0.484 e. The van der Waals surface area contributed by atoms with Gasteiger partial charge in [0.05, 0.1) is 0 Å². The van der Waals surface area contributed by atoms with Crippen LogP contribution in [0.5, 0.6) is 5.75 Å². The Morgan fingerprint density at radius 3 is 2.57 bits per heavy atom. The van der Waals surface area contributed by atoms with Crippen molar-refractivity contribution in [1.82, 2.24) is 5.16 Å². The number of rotatable bonds is 4. The molecule has 2 rings (SSSR count). The van der Waals surface area contributed by atoms with Crippen molar-refractivity contribution in [3.05, 3.63) is 40.6 Å². The fraction of sp³-hybridized carbons (Fsp3) is 0.333. The molecule has 0 unspecified atom stereocenters. The lowest BCUT2D eigenvalue weighted by Crippen LogP contribution is -2.20. The summed E-state index contributed by atoms with van der Waals surface area (Å²) >= 11 is 3.33. The summed E-state index contributed by atoms with van der Waals surface area (Å²) in [5.41, 5.74) is -0.149. The third-order valence-corrected chi connectivity index (χ3v) is 3.23. The highest BCUT2D eigenvalue weighted by molar-refractivity contribution is 9.10. The smallest absolute Gasteiger partial charge is 0.263 e. The molecule has 0 saturated heterocycles. The summed E-state index contributed by atoms with van der Waals surface area (Å²) in [4.78, 5) is 11.8. The van der Waals surface area contributed by atoms with Crippen LogP contribution in [0.2, 0.25) is 0 Å². The van der Waals surface area contributed by atoms with Crippen molar-refractivity contribution in [2.45, 2.75) is 26.2 Å². The Morgan fingerprint density at radius 2 is 2.00 bits per heavy atom. The van der Waals surface area contributed by atoms with E-state index in [0.717, 1.165) is 4.47 Å². The van der Waals surface area contributed by atoms with Gasteiger partial charge in [0.2, 0.25) is 0 Å². The Kier molecular flexibility index (Phi) is 4.67. The van der Waals surface area contributed by atoms with Crippen molar-refractivity contribution in [3.63, 3.8) is 0 Å². The van der Waals surface area contributed by atoms with Crippen LogP contribution in [0.15, 0.2) is 39.3 Å². The number of carbonyl (C=O) groups is 1. The van der Waals surface area contributed by atoms with Crippen LogP contribution in [-0.4, -0.2) is 17.7 Å². The van der Waals surface area contributed by atoms with Crippen molar-refractivity contribution >= 4 is 27.7 Å². The maximum Gasteiger partial charge on any atom is 0.263 e. The second kappa shape index (κ2) is 6.30. The average molecular weight is 353 g/mol. The maximum atomic E-state index is 11.8. The molecule has 21 heavy (non-hydrogen) atoms. The summed E-state index contributed by atoms with van der Waals surface area (Å²) in [6, 6.07) is 8.98. The number of hydrogen-bond donors (Lipinski definition) is 1. The van der Waals surface area contributed by atoms with Gasteiger partial charge in [-0.15, -0.1) is 0 Å². The molecule has 1 N–H and O–H groups in total. The van der Waals surface area contributed by atoms with E-state index in [4.69, 9.17) is 9.26 Å². The lowest BCUT2D eigenvalue weighted by Gasteiger charge is -2.12. The van der Waals surface area contributed by atoms with Crippen LogP contribution in [0.3, 0.4) is 0 Å². The van der Waals surface area contributed by atoms with Gasteiger partial charge in [0.1, 0.15) is 11.5 Å². The molecule has 0 bridgehead atoms. The highest BCUT2D eigenvalue weighted by Crippen LogP contribution is 2.24. The van der Waals surface area contributed by atoms with Gasteiger partial charge in [-0.2, -0.15) is 0 Å². The molecule has 1 aromatic carbocycles.